The van der Waals surface area contributed by atoms with Gasteiger partial charge in [0.1, 0.15) is 5.82 Å². The number of nitrogens with one attached hydrogen (secondary N) is 1. The van der Waals surface area contributed by atoms with Gasteiger partial charge < -0.3 is 15.8 Å². The zero-order valence-corrected chi connectivity index (χ0v) is 16.4. The van der Waals surface area contributed by atoms with Crippen molar-refractivity contribution >= 4 is 23.7 Å². The molecule has 1 aliphatic rings. The molecular formula is C21H24N4O4. The molecule has 2 heterocycles. The zero-order valence-electron chi connectivity index (χ0n) is 16.4. The summed E-state index contributed by atoms with van der Waals surface area (Å²) in [6.45, 7) is 3.65. The van der Waals surface area contributed by atoms with Crippen molar-refractivity contribution in [3.05, 3.63) is 59.8 Å². The normalized spacial score (nSPS) is 19.2. The van der Waals surface area contributed by atoms with Crippen LogP contribution in [0.3, 0.4) is 0 Å². The molecule has 0 spiro atoms. The topological polar surface area (TPSA) is 115 Å². The number of imide groups is 1. The van der Waals surface area contributed by atoms with Crippen LogP contribution >= 0.6 is 0 Å². The number of pyridine rings is 1. The summed E-state index contributed by atoms with van der Waals surface area (Å²) in [7, 11) is 0. The number of amides is 3. The third-order valence-corrected chi connectivity index (χ3v) is 4.90. The van der Waals surface area contributed by atoms with Gasteiger partial charge in [0.25, 0.3) is 0 Å². The highest BCUT2D eigenvalue weighted by Crippen LogP contribution is 2.32. The number of β-lactam (4-membered cyclic amide) rings is 1. The standard InChI is InChI=1S/C21H24N4O4/c1-3-29-20(27)18-16(11-14-9-10-23-17(22)12-14)19(26)25(18)21(28)24-13(2)15-7-5-4-6-8-15/h4-10,12-13,16,18H,3,11H2,1-2H3,(H2,22,23)(H,24,28). The summed E-state index contributed by atoms with van der Waals surface area (Å²) < 4.78 is 5.11. The molecule has 3 amide bonds. The number of nitrogen functional groups attached to an aromatic ring is 1. The van der Waals surface area contributed by atoms with Gasteiger partial charge in [-0.05, 0) is 43.5 Å². The zero-order chi connectivity index (χ0) is 21.0. The summed E-state index contributed by atoms with van der Waals surface area (Å²) in [5, 5.41) is 2.78. The summed E-state index contributed by atoms with van der Waals surface area (Å²) in [4.78, 5) is 42.8. The van der Waals surface area contributed by atoms with Crippen LogP contribution < -0.4 is 11.1 Å². The third-order valence-electron chi connectivity index (χ3n) is 4.90. The Hall–Kier alpha value is -3.42. The summed E-state index contributed by atoms with van der Waals surface area (Å²) in [6.07, 6.45) is 1.81. The van der Waals surface area contributed by atoms with Gasteiger partial charge in [0.15, 0.2) is 6.04 Å². The van der Waals surface area contributed by atoms with E-state index in [0.717, 1.165) is 16.0 Å². The quantitative estimate of drug-likeness (QED) is 0.571. The second-order valence-electron chi connectivity index (χ2n) is 6.89. The first-order chi connectivity index (χ1) is 13.9. The van der Waals surface area contributed by atoms with E-state index in [-0.39, 0.29) is 19.1 Å². The number of hydrogen-bond donors (Lipinski definition) is 2. The number of rotatable bonds is 6. The highest BCUT2D eigenvalue weighted by atomic mass is 16.5. The SMILES string of the molecule is CCOC(=O)C1C(Cc2ccnc(N)c2)C(=O)N1C(=O)NC(C)c1ccccc1. The smallest absolute Gasteiger partial charge is 0.330 e. The van der Waals surface area contributed by atoms with E-state index in [1.807, 2.05) is 37.3 Å². The van der Waals surface area contributed by atoms with Crippen LogP contribution in [0, 0.1) is 5.92 Å². The fourth-order valence-corrected chi connectivity index (χ4v) is 3.43. The first-order valence-electron chi connectivity index (χ1n) is 9.48. The first kappa shape index (κ1) is 20.3. The monoisotopic (exact) mass is 396 g/mol. The lowest BCUT2D eigenvalue weighted by Crippen LogP contribution is -2.69. The Morgan fingerprint density at radius 1 is 1.28 bits per heavy atom. The van der Waals surface area contributed by atoms with Crippen LogP contribution in [-0.2, 0) is 20.7 Å². The van der Waals surface area contributed by atoms with Crippen LogP contribution in [0.15, 0.2) is 48.7 Å². The van der Waals surface area contributed by atoms with Crippen molar-refractivity contribution in [1.82, 2.24) is 15.2 Å². The fraction of sp³-hybridized carbons (Fsp3) is 0.333. The van der Waals surface area contributed by atoms with Crippen LogP contribution in [-0.4, -0.2) is 40.4 Å². The Morgan fingerprint density at radius 2 is 2.00 bits per heavy atom. The fourth-order valence-electron chi connectivity index (χ4n) is 3.43. The average molecular weight is 396 g/mol. The average Bonchev–Trinajstić information content (AvgIpc) is 2.70. The number of carbonyl (C=O) groups is 3. The predicted octanol–water partition coefficient (Wildman–Crippen LogP) is 2.07. The Morgan fingerprint density at radius 3 is 2.66 bits per heavy atom. The van der Waals surface area contributed by atoms with Crippen LogP contribution in [0.4, 0.5) is 10.6 Å². The molecule has 0 radical (unpaired) electrons. The van der Waals surface area contributed by atoms with E-state index in [0.29, 0.717) is 5.82 Å². The van der Waals surface area contributed by atoms with Crippen LogP contribution in [0.1, 0.15) is 31.0 Å². The molecule has 1 saturated heterocycles. The van der Waals surface area contributed by atoms with Crippen molar-refractivity contribution in [2.75, 3.05) is 12.3 Å². The molecule has 0 bridgehead atoms. The number of ether oxygens (including phenoxy) is 1. The third kappa shape index (κ3) is 4.37. The number of anilines is 1. The van der Waals surface area contributed by atoms with Crippen LogP contribution in [0.5, 0.6) is 0 Å². The van der Waals surface area contributed by atoms with Gasteiger partial charge in [0, 0.05) is 6.20 Å². The summed E-state index contributed by atoms with van der Waals surface area (Å²) >= 11 is 0. The van der Waals surface area contributed by atoms with Gasteiger partial charge >= 0.3 is 12.0 Å². The molecular weight excluding hydrogens is 372 g/mol. The Labute approximate surface area is 169 Å². The van der Waals surface area contributed by atoms with Gasteiger partial charge in [0.05, 0.1) is 18.6 Å². The number of benzene rings is 1. The van der Waals surface area contributed by atoms with Crippen molar-refractivity contribution in [3.8, 4) is 0 Å². The van der Waals surface area contributed by atoms with E-state index in [2.05, 4.69) is 10.3 Å². The van der Waals surface area contributed by atoms with Crippen molar-refractivity contribution in [2.45, 2.75) is 32.4 Å². The number of aromatic nitrogens is 1. The maximum Gasteiger partial charge on any atom is 0.330 e. The summed E-state index contributed by atoms with van der Waals surface area (Å²) in [5.74, 6) is -1.38. The number of nitrogens with zero attached hydrogens (tertiary/aromatic N) is 2. The maximum absolute atomic E-state index is 12.7. The van der Waals surface area contributed by atoms with Gasteiger partial charge in [-0.2, -0.15) is 0 Å². The summed E-state index contributed by atoms with van der Waals surface area (Å²) in [5.41, 5.74) is 7.35. The minimum atomic E-state index is -0.972. The summed E-state index contributed by atoms with van der Waals surface area (Å²) in [6, 6.07) is 10.8. The van der Waals surface area contributed by atoms with Crippen molar-refractivity contribution < 1.29 is 19.1 Å². The Bertz CT molecular complexity index is 903. The molecule has 152 valence electrons. The molecule has 1 fully saturated rings. The number of hydrogen-bond acceptors (Lipinski definition) is 6. The maximum atomic E-state index is 12.7. The number of esters is 1. The van der Waals surface area contributed by atoms with Gasteiger partial charge in [0.2, 0.25) is 5.91 Å². The molecule has 3 rings (SSSR count). The highest BCUT2D eigenvalue weighted by Gasteiger charge is 2.55. The van der Waals surface area contributed by atoms with Crippen LogP contribution in [0.2, 0.25) is 0 Å². The first-order valence-corrected chi connectivity index (χ1v) is 9.48. The molecule has 3 unspecified atom stereocenters. The lowest BCUT2D eigenvalue weighted by molar-refractivity contribution is -0.169. The predicted molar refractivity (Wildman–Crippen MR) is 106 cm³/mol. The largest absolute Gasteiger partial charge is 0.464 e. The molecule has 1 aliphatic heterocycles. The lowest BCUT2D eigenvalue weighted by Gasteiger charge is -2.44. The minimum Gasteiger partial charge on any atom is -0.464 e. The molecule has 1 aromatic heterocycles. The number of likely N-dealkylation sites (tertiary alicyclic amines) is 1. The second kappa shape index (κ2) is 8.72. The number of urea groups is 1. The molecule has 8 heteroatoms. The van der Waals surface area contributed by atoms with Crippen molar-refractivity contribution in [3.63, 3.8) is 0 Å². The van der Waals surface area contributed by atoms with Crippen molar-refractivity contribution in [2.24, 2.45) is 5.92 Å². The molecule has 2 aromatic rings. The molecule has 8 nitrogen and oxygen atoms in total. The van der Waals surface area contributed by atoms with Gasteiger partial charge in [-0.3, -0.25) is 4.79 Å². The Kier molecular flexibility index (Phi) is 6.11. The minimum absolute atomic E-state index is 0.161. The van der Waals surface area contributed by atoms with Gasteiger partial charge in [-0.15, -0.1) is 0 Å². The van der Waals surface area contributed by atoms with Gasteiger partial charge in [-0.1, -0.05) is 30.3 Å². The van der Waals surface area contributed by atoms with E-state index in [9.17, 15) is 14.4 Å². The van der Waals surface area contributed by atoms with E-state index < -0.39 is 29.9 Å². The van der Waals surface area contributed by atoms with E-state index in [4.69, 9.17) is 10.5 Å². The molecule has 1 aromatic carbocycles. The lowest BCUT2D eigenvalue weighted by atomic mass is 9.82. The van der Waals surface area contributed by atoms with E-state index >= 15 is 0 Å². The number of carbonyl (C=O) groups excluding carboxylic acids is 3. The molecule has 29 heavy (non-hydrogen) atoms. The van der Waals surface area contributed by atoms with Crippen LogP contribution in [0.25, 0.3) is 0 Å². The van der Waals surface area contributed by atoms with Crippen molar-refractivity contribution in [1.29, 1.82) is 0 Å². The molecule has 3 atom stereocenters. The Balaban J connectivity index is 1.75. The van der Waals surface area contributed by atoms with Gasteiger partial charge in [-0.25, -0.2) is 19.5 Å². The molecule has 0 saturated carbocycles. The van der Waals surface area contributed by atoms with E-state index in [1.54, 1.807) is 25.3 Å². The number of nitrogens with two attached hydrogens (primary N) is 1. The molecule has 3 N–H and O–H groups in total. The van der Waals surface area contributed by atoms with E-state index in [1.165, 1.54) is 0 Å². The molecule has 0 aliphatic carbocycles. The second-order valence-corrected chi connectivity index (χ2v) is 6.89. The highest BCUT2D eigenvalue weighted by molar-refractivity contribution is 6.08.